The fourth-order valence-corrected chi connectivity index (χ4v) is 1.50. The van der Waals surface area contributed by atoms with E-state index in [4.69, 9.17) is 4.74 Å². The van der Waals surface area contributed by atoms with Gasteiger partial charge >= 0.3 is 5.97 Å². The van der Waals surface area contributed by atoms with Crippen molar-refractivity contribution in [1.82, 2.24) is 15.2 Å². The lowest BCUT2D eigenvalue weighted by Crippen LogP contribution is -2.08. The number of nitrogens with zero attached hydrogens (tertiary/aromatic N) is 2. The van der Waals surface area contributed by atoms with Gasteiger partial charge in [0.15, 0.2) is 5.82 Å². The van der Waals surface area contributed by atoms with Crippen LogP contribution in [-0.2, 0) is 16.0 Å². The first kappa shape index (κ1) is 12.1. The highest BCUT2D eigenvalue weighted by atomic mass is 16.5. The van der Waals surface area contributed by atoms with Gasteiger partial charge in [-0.3, -0.25) is 9.89 Å². The lowest BCUT2D eigenvalue weighted by molar-refractivity contribution is -0.142. The van der Waals surface area contributed by atoms with Gasteiger partial charge in [0.05, 0.1) is 6.61 Å². The van der Waals surface area contributed by atoms with Crippen molar-refractivity contribution >= 4 is 5.97 Å². The molecule has 6 heteroatoms. The van der Waals surface area contributed by atoms with Crippen LogP contribution in [0.5, 0.6) is 5.75 Å². The monoisotopic (exact) mass is 247 g/mol. The van der Waals surface area contributed by atoms with Gasteiger partial charge in [-0.15, -0.1) is 0 Å². The van der Waals surface area contributed by atoms with Crippen LogP contribution in [0.3, 0.4) is 0 Å². The zero-order valence-electron chi connectivity index (χ0n) is 9.88. The van der Waals surface area contributed by atoms with E-state index in [-0.39, 0.29) is 18.1 Å². The Hall–Kier alpha value is -2.37. The summed E-state index contributed by atoms with van der Waals surface area (Å²) in [7, 11) is 0. The van der Waals surface area contributed by atoms with Crippen molar-refractivity contribution in [3.8, 4) is 17.1 Å². The number of phenols is 1. The molecule has 1 aromatic heterocycles. The minimum Gasteiger partial charge on any atom is -0.508 e. The van der Waals surface area contributed by atoms with Gasteiger partial charge < -0.3 is 9.84 Å². The summed E-state index contributed by atoms with van der Waals surface area (Å²) in [6.07, 6.45) is 0.0552. The number of H-pyrrole nitrogens is 1. The average Bonchev–Trinajstić information content (AvgIpc) is 2.78. The summed E-state index contributed by atoms with van der Waals surface area (Å²) in [6.45, 7) is 2.09. The second-order valence-corrected chi connectivity index (χ2v) is 3.64. The van der Waals surface area contributed by atoms with E-state index in [9.17, 15) is 9.90 Å². The second-order valence-electron chi connectivity index (χ2n) is 3.64. The smallest absolute Gasteiger partial charge is 0.313 e. The Morgan fingerprint density at radius 3 is 3.06 bits per heavy atom. The molecule has 1 heterocycles. The molecule has 0 aliphatic rings. The van der Waals surface area contributed by atoms with Crippen molar-refractivity contribution in [1.29, 1.82) is 0 Å². The van der Waals surface area contributed by atoms with Crippen LogP contribution in [0, 0.1) is 0 Å². The van der Waals surface area contributed by atoms with Crippen LogP contribution in [-0.4, -0.2) is 32.9 Å². The van der Waals surface area contributed by atoms with E-state index in [2.05, 4.69) is 15.2 Å². The maximum absolute atomic E-state index is 11.3. The van der Waals surface area contributed by atoms with Gasteiger partial charge in [-0.1, -0.05) is 12.1 Å². The first-order valence-corrected chi connectivity index (χ1v) is 5.55. The van der Waals surface area contributed by atoms with E-state index >= 15 is 0 Å². The number of rotatable bonds is 4. The summed E-state index contributed by atoms with van der Waals surface area (Å²) in [5.74, 6) is 0.664. The molecular weight excluding hydrogens is 234 g/mol. The van der Waals surface area contributed by atoms with Crippen LogP contribution >= 0.6 is 0 Å². The first-order chi connectivity index (χ1) is 8.69. The standard InChI is InChI=1S/C12H13N3O3/c1-2-18-11(17)7-10-13-12(15-14-10)8-4-3-5-9(16)6-8/h3-6,16H,2,7H2,1H3,(H,13,14,15). The van der Waals surface area contributed by atoms with Crippen LogP contribution in [0.2, 0.25) is 0 Å². The molecule has 0 atom stereocenters. The number of ether oxygens (including phenoxy) is 1. The zero-order valence-corrected chi connectivity index (χ0v) is 9.88. The molecular formula is C12H13N3O3. The molecule has 2 rings (SSSR count). The molecule has 0 aliphatic carbocycles. The van der Waals surface area contributed by atoms with Crippen molar-refractivity contribution in [3.63, 3.8) is 0 Å². The SMILES string of the molecule is CCOC(=O)Cc1nc(-c2cccc(O)c2)n[nH]1. The van der Waals surface area contributed by atoms with Crippen molar-refractivity contribution in [2.75, 3.05) is 6.61 Å². The zero-order chi connectivity index (χ0) is 13.0. The third-order valence-corrected chi connectivity index (χ3v) is 2.25. The fraction of sp³-hybridized carbons (Fsp3) is 0.250. The van der Waals surface area contributed by atoms with Gasteiger partial charge in [0, 0.05) is 5.56 Å². The predicted octanol–water partition coefficient (Wildman–Crippen LogP) is 1.28. The van der Waals surface area contributed by atoms with Gasteiger partial charge in [0.1, 0.15) is 18.0 Å². The maximum Gasteiger partial charge on any atom is 0.313 e. The van der Waals surface area contributed by atoms with E-state index < -0.39 is 0 Å². The number of nitrogens with one attached hydrogen (secondary N) is 1. The van der Waals surface area contributed by atoms with Crippen LogP contribution in [0.15, 0.2) is 24.3 Å². The molecule has 2 aromatic rings. The van der Waals surface area contributed by atoms with Gasteiger partial charge in [-0.05, 0) is 19.1 Å². The van der Waals surface area contributed by atoms with E-state index in [1.54, 1.807) is 31.2 Å². The molecule has 0 amide bonds. The number of aromatic hydroxyl groups is 1. The Balaban J connectivity index is 2.13. The number of hydrogen-bond acceptors (Lipinski definition) is 5. The van der Waals surface area contributed by atoms with Crippen molar-refractivity contribution in [3.05, 3.63) is 30.1 Å². The molecule has 0 aliphatic heterocycles. The summed E-state index contributed by atoms with van der Waals surface area (Å²) in [4.78, 5) is 15.4. The minimum atomic E-state index is -0.351. The third-order valence-electron chi connectivity index (χ3n) is 2.25. The van der Waals surface area contributed by atoms with Gasteiger partial charge in [-0.2, -0.15) is 5.10 Å². The van der Waals surface area contributed by atoms with Gasteiger partial charge in [-0.25, -0.2) is 4.98 Å². The normalized spacial score (nSPS) is 10.3. The number of hydrogen-bond donors (Lipinski definition) is 2. The number of aromatic amines is 1. The maximum atomic E-state index is 11.3. The average molecular weight is 247 g/mol. The summed E-state index contributed by atoms with van der Waals surface area (Å²) in [6, 6.07) is 6.59. The van der Waals surface area contributed by atoms with Crippen molar-refractivity contribution < 1.29 is 14.6 Å². The summed E-state index contributed by atoms with van der Waals surface area (Å²) in [5, 5.41) is 16.0. The lowest BCUT2D eigenvalue weighted by Gasteiger charge is -1.97. The first-order valence-electron chi connectivity index (χ1n) is 5.55. The molecule has 0 unspecified atom stereocenters. The van der Waals surface area contributed by atoms with Crippen LogP contribution in [0.4, 0.5) is 0 Å². The molecule has 94 valence electrons. The lowest BCUT2D eigenvalue weighted by atomic mass is 10.2. The highest BCUT2D eigenvalue weighted by molar-refractivity contribution is 5.71. The number of carbonyl (C=O) groups excluding carboxylic acids is 1. The quantitative estimate of drug-likeness (QED) is 0.794. The van der Waals surface area contributed by atoms with E-state index in [1.165, 1.54) is 0 Å². The molecule has 2 N–H and O–H groups in total. The van der Waals surface area contributed by atoms with Crippen LogP contribution < -0.4 is 0 Å². The summed E-state index contributed by atoms with van der Waals surface area (Å²) in [5.41, 5.74) is 0.682. The Morgan fingerprint density at radius 2 is 2.33 bits per heavy atom. The summed E-state index contributed by atoms with van der Waals surface area (Å²) >= 11 is 0. The molecule has 18 heavy (non-hydrogen) atoms. The molecule has 6 nitrogen and oxygen atoms in total. The molecule has 0 fully saturated rings. The van der Waals surface area contributed by atoms with E-state index in [0.29, 0.717) is 23.8 Å². The van der Waals surface area contributed by atoms with Crippen LogP contribution in [0.1, 0.15) is 12.7 Å². The molecule has 0 saturated carbocycles. The number of benzene rings is 1. The number of carbonyl (C=O) groups is 1. The molecule has 0 spiro atoms. The molecule has 0 saturated heterocycles. The summed E-state index contributed by atoms with van der Waals surface area (Å²) < 4.78 is 4.81. The minimum absolute atomic E-state index is 0.0552. The Morgan fingerprint density at radius 1 is 1.50 bits per heavy atom. The molecule has 0 radical (unpaired) electrons. The molecule has 1 aromatic carbocycles. The molecule has 0 bridgehead atoms. The Kier molecular flexibility index (Phi) is 3.57. The van der Waals surface area contributed by atoms with Crippen molar-refractivity contribution in [2.24, 2.45) is 0 Å². The Bertz CT molecular complexity index is 551. The van der Waals surface area contributed by atoms with E-state index in [0.717, 1.165) is 0 Å². The largest absolute Gasteiger partial charge is 0.508 e. The predicted molar refractivity (Wildman–Crippen MR) is 63.8 cm³/mol. The fourth-order valence-electron chi connectivity index (χ4n) is 1.50. The highest BCUT2D eigenvalue weighted by Gasteiger charge is 2.10. The number of aromatic nitrogens is 3. The third kappa shape index (κ3) is 2.85. The number of esters is 1. The van der Waals surface area contributed by atoms with Gasteiger partial charge in [0.2, 0.25) is 0 Å². The van der Waals surface area contributed by atoms with E-state index in [1.807, 2.05) is 0 Å². The second kappa shape index (κ2) is 5.31. The Labute approximate surface area is 104 Å². The number of phenolic OH excluding ortho intramolecular Hbond substituents is 1. The van der Waals surface area contributed by atoms with Crippen LogP contribution in [0.25, 0.3) is 11.4 Å². The topological polar surface area (TPSA) is 88.1 Å². The highest BCUT2D eigenvalue weighted by Crippen LogP contribution is 2.19. The van der Waals surface area contributed by atoms with Gasteiger partial charge in [0.25, 0.3) is 0 Å². The van der Waals surface area contributed by atoms with Crippen molar-refractivity contribution in [2.45, 2.75) is 13.3 Å².